The van der Waals surface area contributed by atoms with Crippen LogP contribution in [0.15, 0.2) is 29.2 Å². The lowest BCUT2D eigenvalue weighted by atomic mass is 10.1. The number of benzene rings is 1. The van der Waals surface area contributed by atoms with Crippen molar-refractivity contribution in [2.75, 3.05) is 44.2 Å². The van der Waals surface area contributed by atoms with Crippen molar-refractivity contribution in [3.63, 3.8) is 0 Å². The summed E-state index contributed by atoms with van der Waals surface area (Å²) < 4.78 is 51.1. The Hall–Kier alpha value is -1.49. The molecule has 1 aromatic rings. The van der Waals surface area contributed by atoms with Gasteiger partial charge in [0, 0.05) is 38.3 Å². The standard InChI is InChI=1S/C21H33N3O5S2/c1-4-18(3)24(19-9-14-30(26,27)16-19)21(25)15-22-10-12-23(13-11-22)31(28,29)20-7-5-17(2)6-8-20/h5-8,18-19H,4,9-16H2,1-3H3/t18-,19-/m1/s1. The molecular formula is C21H33N3O5S2. The fourth-order valence-electron chi connectivity index (χ4n) is 4.26. The van der Waals surface area contributed by atoms with Gasteiger partial charge in [-0.05, 0) is 38.8 Å². The zero-order chi connectivity index (χ0) is 22.8. The first-order chi connectivity index (χ1) is 14.5. The van der Waals surface area contributed by atoms with E-state index < -0.39 is 19.9 Å². The highest BCUT2D eigenvalue weighted by Crippen LogP contribution is 2.22. The predicted molar refractivity (Wildman–Crippen MR) is 120 cm³/mol. The van der Waals surface area contributed by atoms with E-state index >= 15 is 0 Å². The summed E-state index contributed by atoms with van der Waals surface area (Å²) in [4.78, 5) is 17.1. The molecule has 8 nitrogen and oxygen atoms in total. The van der Waals surface area contributed by atoms with E-state index in [9.17, 15) is 21.6 Å². The lowest BCUT2D eigenvalue weighted by Gasteiger charge is -2.38. The molecule has 2 fully saturated rings. The van der Waals surface area contributed by atoms with Crippen molar-refractivity contribution in [2.24, 2.45) is 0 Å². The number of hydrogen-bond donors (Lipinski definition) is 0. The summed E-state index contributed by atoms with van der Waals surface area (Å²) in [6, 6.07) is 6.52. The fourth-order valence-corrected chi connectivity index (χ4v) is 7.39. The van der Waals surface area contributed by atoms with Crippen molar-refractivity contribution in [1.29, 1.82) is 0 Å². The Balaban J connectivity index is 1.61. The zero-order valence-electron chi connectivity index (χ0n) is 18.5. The second-order valence-corrected chi connectivity index (χ2v) is 12.8. The average molecular weight is 472 g/mol. The SMILES string of the molecule is CC[C@@H](C)N(C(=O)CN1CCN(S(=O)(=O)c2ccc(C)cc2)CC1)[C@@H]1CCS(=O)(=O)C1. The van der Waals surface area contributed by atoms with Gasteiger partial charge in [0.2, 0.25) is 15.9 Å². The number of sulfonamides is 1. The van der Waals surface area contributed by atoms with Gasteiger partial charge in [0.05, 0.1) is 22.9 Å². The molecule has 0 radical (unpaired) electrons. The number of carbonyl (C=O) groups is 1. The van der Waals surface area contributed by atoms with Gasteiger partial charge in [0.25, 0.3) is 0 Å². The van der Waals surface area contributed by atoms with Crippen LogP contribution in [0.3, 0.4) is 0 Å². The number of nitrogens with zero attached hydrogens (tertiary/aromatic N) is 3. The Morgan fingerprint density at radius 2 is 1.77 bits per heavy atom. The van der Waals surface area contributed by atoms with Gasteiger partial charge in [-0.1, -0.05) is 24.6 Å². The van der Waals surface area contributed by atoms with Crippen molar-refractivity contribution < 1.29 is 21.6 Å². The van der Waals surface area contributed by atoms with Gasteiger partial charge in [0.1, 0.15) is 0 Å². The minimum absolute atomic E-state index is 0.0333. The van der Waals surface area contributed by atoms with E-state index in [1.54, 1.807) is 29.2 Å². The summed E-state index contributed by atoms with van der Waals surface area (Å²) in [5, 5.41) is 0. The molecule has 2 saturated heterocycles. The molecule has 0 aromatic heterocycles. The highest BCUT2D eigenvalue weighted by atomic mass is 32.2. The van der Waals surface area contributed by atoms with Crippen molar-refractivity contribution >= 4 is 25.8 Å². The first-order valence-electron chi connectivity index (χ1n) is 10.8. The van der Waals surface area contributed by atoms with Crippen LogP contribution in [-0.4, -0.2) is 93.2 Å². The number of amides is 1. The Labute approximate surface area is 186 Å². The van der Waals surface area contributed by atoms with Gasteiger partial charge in [-0.25, -0.2) is 16.8 Å². The van der Waals surface area contributed by atoms with Gasteiger partial charge in [-0.3, -0.25) is 9.69 Å². The van der Waals surface area contributed by atoms with Crippen LogP contribution in [-0.2, 0) is 24.7 Å². The van der Waals surface area contributed by atoms with Crippen LogP contribution in [0.4, 0.5) is 0 Å². The maximum Gasteiger partial charge on any atom is 0.243 e. The molecule has 0 aliphatic carbocycles. The molecule has 2 aliphatic rings. The van der Waals surface area contributed by atoms with Gasteiger partial charge >= 0.3 is 0 Å². The van der Waals surface area contributed by atoms with Crippen molar-refractivity contribution in [2.45, 2.75) is 50.6 Å². The number of sulfone groups is 1. The van der Waals surface area contributed by atoms with Crippen molar-refractivity contribution in [1.82, 2.24) is 14.1 Å². The summed E-state index contributed by atoms with van der Waals surface area (Å²) >= 11 is 0. The molecule has 3 rings (SSSR count). The number of hydrogen-bond acceptors (Lipinski definition) is 6. The Bertz CT molecular complexity index is 984. The quantitative estimate of drug-likeness (QED) is 0.591. The van der Waals surface area contributed by atoms with E-state index in [1.165, 1.54) is 4.31 Å². The molecule has 1 amide bonds. The van der Waals surface area contributed by atoms with Gasteiger partial charge in [-0.2, -0.15) is 4.31 Å². The van der Waals surface area contributed by atoms with E-state index in [-0.39, 0.29) is 40.9 Å². The third-order valence-electron chi connectivity index (χ3n) is 6.30. The molecular weight excluding hydrogens is 438 g/mol. The number of piperazine rings is 1. The molecule has 31 heavy (non-hydrogen) atoms. The van der Waals surface area contributed by atoms with E-state index in [4.69, 9.17) is 0 Å². The minimum atomic E-state index is -3.55. The minimum Gasteiger partial charge on any atom is -0.335 e. The molecule has 0 bridgehead atoms. The number of aryl methyl sites for hydroxylation is 1. The molecule has 0 N–H and O–H groups in total. The maximum absolute atomic E-state index is 13.1. The molecule has 174 valence electrons. The Morgan fingerprint density at radius 3 is 2.29 bits per heavy atom. The Kier molecular flexibility index (Phi) is 7.45. The van der Waals surface area contributed by atoms with Crippen LogP contribution in [0.25, 0.3) is 0 Å². The second kappa shape index (κ2) is 9.56. The first-order valence-corrected chi connectivity index (χ1v) is 14.1. The van der Waals surface area contributed by atoms with Gasteiger partial charge < -0.3 is 4.90 Å². The van der Waals surface area contributed by atoms with Crippen LogP contribution in [0.5, 0.6) is 0 Å². The molecule has 2 atom stereocenters. The lowest BCUT2D eigenvalue weighted by Crippen LogP contribution is -2.54. The largest absolute Gasteiger partial charge is 0.335 e. The second-order valence-electron chi connectivity index (χ2n) is 8.61. The highest BCUT2D eigenvalue weighted by molar-refractivity contribution is 7.91. The topological polar surface area (TPSA) is 95.1 Å². The third kappa shape index (κ3) is 5.66. The van der Waals surface area contributed by atoms with Crippen molar-refractivity contribution in [3.8, 4) is 0 Å². The summed E-state index contributed by atoms with van der Waals surface area (Å²) in [5.74, 6) is 0.0882. The van der Waals surface area contributed by atoms with E-state index in [1.807, 2.05) is 25.7 Å². The maximum atomic E-state index is 13.1. The lowest BCUT2D eigenvalue weighted by molar-refractivity contribution is -0.137. The molecule has 1 aromatic carbocycles. The predicted octanol–water partition coefficient (Wildman–Crippen LogP) is 1.12. The molecule has 0 spiro atoms. The summed E-state index contributed by atoms with van der Waals surface area (Å²) in [6.07, 6.45) is 1.24. The highest BCUT2D eigenvalue weighted by Gasteiger charge is 2.37. The van der Waals surface area contributed by atoms with E-state index in [0.717, 1.165) is 12.0 Å². The first kappa shape index (κ1) is 24.2. The van der Waals surface area contributed by atoms with Crippen LogP contribution in [0, 0.1) is 6.92 Å². The Morgan fingerprint density at radius 1 is 1.16 bits per heavy atom. The van der Waals surface area contributed by atoms with Crippen LogP contribution < -0.4 is 0 Å². The van der Waals surface area contributed by atoms with Crippen molar-refractivity contribution in [3.05, 3.63) is 29.8 Å². The van der Waals surface area contributed by atoms with Crippen LogP contribution >= 0.6 is 0 Å². The third-order valence-corrected chi connectivity index (χ3v) is 9.97. The van der Waals surface area contributed by atoms with Gasteiger partial charge in [-0.15, -0.1) is 0 Å². The van der Waals surface area contributed by atoms with Gasteiger partial charge in [0.15, 0.2) is 9.84 Å². The molecule has 2 aliphatic heterocycles. The van der Waals surface area contributed by atoms with Crippen LogP contribution in [0.1, 0.15) is 32.3 Å². The summed E-state index contributed by atoms with van der Waals surface area (Å²) in [6.45, 7) is 7.62. The number of carbonyl (C=O) groups excluding carboxylic acids is 1. The molecule has 2 heterocycles. The molecule has 0 saturated carbocycles. The smallest absolute Gasteiger partial charge is 0.243 e. The molecule has 0 unspecified atom stereocenters. The van der Waals surface area contributed by atoms with Crippen LogP contribution in [0.2, 0.25) is 0 Å². The summed E-state index contributed by atoms with van der Waals surface area (Å²) in [7, 11) is -6.63. The number of rotatable bonds is 7. The average Bonchev–Trinajstić information content (AvgIpc) is 3.07. The molecule has 10 heteroatoms. The monoisotopic (exact) mass is 471 g/mol. The van der Waals surface area contributed by atoms with E-state index in [0.29, 0.717) is 32.6 Å². The van der Waals surface area contributed by atoms with E-state index in [2.05, 4.69) is 0 Å². The zero-order valence-corrected chi connectivity index (χ0v) is 20.2. The fraction of sp³-hybridized carbons (Fsp3) is 0.667. The summed E-state index contributed by atoms with van der Waals surface area (Å²) in [5.41, 5.74) is 1.00. The normalized spacial score (nSPS) is 23.5.